The average Bonchev–Trinajstić information content (AvgIpc) is 2.16. The van der Waals surface area contributed by atoms with Crippen LogP contribution in [0.5, 0.6) is 0 Å². The average molecular weight is 305 g/mol. The van der Waals surface area contributed by atoms with Crippen molar-refractivity contribution >= 4 is 10.0 Å². The van der Waals surface area contributed by atoms with Crippen LogP contribution < -0.4 is 52.8 Å². The Morgan fingerprint density at radius 1 is 1.22 bits per heavy atom. The molecular formula is C10H18ClN2NaO3S. The van der Waals surface area contributed by atoms with Gasteiger partial charge in [-0.25, -0.2) is 13.6 Å². The zero-order valence-corrected chi connectivity index (χ0v) is 14.4. The van der Waals surface area contributed by atoms with Crippen molar-refractivity contribution in [2.75, 3.05) is 0 Å². The van der Waals surface area contributed by atoms with Crippen molar-refractivity contribution in [3.63, 3.8) is 0 Å². The molecule has 1 aromatic rings. The second-order valence-corrected chi connectivity index (χ2v) is 5.05. The Bertz CT molecular complexity index is 407. The summed E-state index contributed by atoms with van der Waals surface area (Å²) in [4.78, 5) is 0.111. The number of halogens is 1. The minimum Gasteiger partial charge on any atom is -1.00 e. The molecule has 1 aromatic carbocycles. The van der Waals surface area contributed by atoms with Crippen LogP contribution in [0.1, 0.15) is 19.4 Å². The van der Waals surface area contributed by atoms with Gasteiger partial charge in [0.2, 0.25) is 10.0 Å². The standard InChI is InChI=1S/C7H10N2O2S.C3H8O.ClH.Na/c8-5-6-1-3-7(4-2-6)12(9,10)11;1-3(2)4;;/h1-4H,5,8H2,(H2,9,10,11);3-4H,1-2H3;1H;/q;;;+1/p-1. The molecule has 0 radical (unpaired) electrons. The fourth-order valence-electron chi connectivity index (χ4n) is 0.815. The molecule has 0 aliphatic heterocycles. The normalized spacial score (nSPS) is 9.67. The number of hydrogen-bond acceptors (Lipinski definition) is 4. The Morgan fingerprint density at radius 2 is 1.56 bits per heavy atom. The first-order valence-electron chi connectivity index (χ1n) is 4.77. The number of aliphatic hydroxyl groups excluding tert-OH is 1. The maximum atomic E-state index is 10.8. The van der Waals surface area contributed by atoms with Crippen molar-refractivity contribution in [1.29, 1.82) is 0 Å². The number of primary sulfonamides is 1. The molecule has 0 atom stereocenters. The van der Waals surface area contributed by atoms with E-state index in [1.807, 2.05) is 0 Å². The molecule has 0 aliphatic carbocycles. The van der Waals surface area contributed by atoms with Gasteiger partial charge in [-0.3, -0.25) is 0 Å². The summed E-state index contributed by atoms with van der Waals surface area (Å²) in [6, 6.07) is 6.16. The van der Waals surface area contributed by atoms with E-state index in [1.54, 1.807) is 26.0 Å². The molecule has 0 heterocycles. The van der Waals surface area contributed by atoms with Gasteiger partial charge in [-0.15, -0.1) is 0 Å². The summed E-state index contributed by atoms with van der Waals surface area (Å²) in [5.41, 5.74) is 6.21. The summed E-state index contributed by atoms with van der Waals surface area (Å²) in [5, 5.41) is 12.9. The third-order valence-electron chi connectivity index (χ3n) is 1.49. The smallest absolute Gasteiger partial charge is 1.00 e. The van der Waals surface area contributed by atoms with Crippen molar-refractivity contribution in [1.82, 2.24) is 0 Å². The van der Waals surface area contributed by atoms with Gasteiger partial charge in [0.1, 0.15) is 0 Å². The third-order valence-corrected chi connectivity index (χ3v) is 2.42. The molecule has 0 bridgehead atoms. The van der Waals surface area contributed by atoms with E-state index in [0.717, 1.165) is 5.56 Å². The van der Waals surface area contributed by atoms with Crippen molar-refractivity contribution in [2.24, 2.45) is 10.9 Å². The van der Waals surface area contributed by atoms with Gasteiger partial charge < -0.3 is 23.2 Å². The second kappa shape index (κ2) is 11.2. The second-order valence-electron chi connectivity index (χ2n) is 3.49. The maximum Gasteiger partial charge on any atom is 1.00 e. The van der Waals surface area contributed by atoms with Gasteiger partial charge in [0.05, 0.1) is 4.90 Å². The summed E-state index contributed by atoms with van der Waals surface area (Å²) < 4.78 is 21.6. The zero-order valence-electron chi connectivity index (χ0n) is 10.8. The Hall–Kier alpha value is 0.340. The molecule has 5 nitrogen and oxygen atoms in total. The van der Waals surface area contributed by atoms with E-state index < -0.39 is 10.0 Å². The van der Waals surface area contributed by atoms with Crippen molar-refractivity contribution in [3.05, 3.63) is 29.8 Å². The summed E-state index contributed by atoms with van der Waals surface area (Å²) in [6.07, 6.45) is -0.167. The van der Waals surface area contributed by atoms with Crippen LogP contribution >= 0.6 is 0 Å². The number of aliphatic hydroxyl groups is 1. The molecule has 0 fully saturated rings. The number of rotatable bonds is 2. The van der Waals surface area contributed by atoms with Crippen LogP contribution in [-0.2, 0) is 16.6 Å². The van der Waals surface area contributed by atoms with Gasteiger partial charge in [0.15, 0.2) is 0 Å². The van der Waals surface area contributed by atoms with Gasteiger partial charge in [-0.2, -0.15) is 0 Å². The van der Waals surface area contributed by atoms with Gasteiger partial charge in [0, 0.05) is 12.6 Å². The molecule has 100 valence electrons. The Labute approximate surface area is 137 Å². The van der Waals surface area contributed by atoms with Gasteiger partial charge in [-0.05, 0) is 31.5 Å². The van der Waals surface area contributed by atoms with E-state index >= 15 is 0 Å². The van der Waals surface area contributed by atoms with Crippen LogP contribution in [0, 0.1) is 0 Å². The fraction of sp³-hybridized carbons (Fsp3) is 0.400. The molecule has 0 saturated heterocycles. The molecular weight excluding hydrogens is 287 g/mol. The monoisotopic (exact) mass is 304 g/mol. The molecule has 18 heavy (non-hydrogen) atoms. The van der Waals surface area contributed by atoms with Crippen molar-refractivity contribution in [2.45, 2.75) is 31.4 Å². The first-order chi connectivity index (χ1) is 7.27. The van der Waals surface area contributed by atoms with E-state index in [0.29, 0.717) is 6.54 Å². The zero-order chi connectivity index (χ0) is 12.8. The van der Waals surface area contributed by atoms with Crippen molar-refractivity contribution in [3.8, 4) is 0 Å². The van der Waals surface area contributed by atoms with E-state index in [-0.39, 0.29) is 53.0 Å². The van der Waals surface area contributed by atoms with Gasteiger partial charge >= 0.3 is 29.6 Å². The predicted octanol–water partition coefficient (Wildman–Crippen LogP) is -5.81. The minimum atomic E-state index is -3.57. The maximum absolute atomic E-state index is 10.8. The van der Waals surface area contributed by atoms with E-state index in [1.165, 1.54) is 12.1 Å². The molecule has 0 aliphatic rings. The summed E-state index contributed by atoms with van der Waals surface area (Å²) >= 11 is 0. The first kappa shape index (κ1) is 23.4. The van der Waals surface area contributed by atoms with E-state index in [4.69, 9.17) is 16.0 Å². The summed E-state index contributed by atoms with van der Waals surface area (Å²) in [6.45, 7) is 3.84. The molecule has 8 heteroatoms. The third kappa shape index (κ3) is 11.4. The van der Waals surface area contributed by atoms with Crippen LogP contribution in [0.3, 0.4) is 0 Å². The quantitative estimate of drug-likeness (QED) is 0.473. The molecule has 0 unspecified atom stereocenters. The molecule has 0 spiro atoms. The largest absolute Gasteiger partial charge is 1.00 e. The fourth-order valence-corrected chi connectivity index (χ4v) is 1.33. The van der Waals surface area contributed by atoms with Gasteiger partial charge in [0.25, 0.3) is 0 Å². The van der Waals surface area contributed by atoms with E-state index in [2.05, 4.69) is 0 Å². The molecule has 0 amide bonds. The van der Waals surface area contributed by atoms with Crippen LogP contribution in [0.4, 0.5) is 0 Å². The molecule has 0 aromatic heterocycles. The summed E-state index contributed by atoms with van der Waals surface area (Å²) in [7, 11) is -3.57. The Balaban J connectivity index is -0.000000332. The topological polar surface area (TPSA) is 106 Å². The number of hydrogen-bond donors (Lipinski definition) is 3. The van der Waals surface area contributed by atoms with Crippen molar-refractivity contribution < 1.29 is 55.5 Å². The molecule has 0 saturated carbocycles. The first-order valence-corrected chi connectivity index (χ1v) is 6.32. The Kier molecular flexibility index (Phi) is 14.6. The summed E-state index contributed by atoms with van der Waals surface area (Å²) in [5.74, 6) is 0. The predicted molar refractivity (Wildman–Crippen MR) is 63.1 cm³/mol. The number of benzene rings is 1. The molecule has 5 N–H and O–H groups in total. The number of sulfonamides is 1. The van der Waals surface area contributed by atoms with Crippen LogP contribution in [0.2, 0.25) is 0 Å². The Morgan fingerprint density at radius 3 is 1.78 bits per heavy atom. The molecule has 1 rings (SSSR count). The minimum absolute atomic E-state index is 0. The van der Waals surface area contributed by atoms with E-state index in [9.17, 15) is 8.42 Å². The van der Waals surface area contributed by atoms with Crippen LogP contribution in [-0.4, -0.2) is 19.6 Å². The SMILES string of the molecule is CC(C)O.NCc1ccc(S(N)(=O)=O)cc1.[Cl-].[Na+]. The van der Waals surface area contributed by atoms with Gasteiger partial charge in [-0.1, -0.05) is 12.1 Å². The van der Waals surface area contributed by atoms with Crippen LogP contribution in [0.25, 0.3) is 0 Å². The van der Waals surface area contributed by atoms with Crippen LogP contribution in [0.15, 0.2) is 29.2 Å². The number of nitrogens with two attached hydrogens (primary N) is 2.